The Hall–Kier alpha value is -1.01. The highest BCUT2D eigenvalue weighted by Gasteiger charge is 2.27. The molecule has 1 aliphatic heterocycles. The zero-order chi connectivity index (χ0) is 13.0. The van der Waals surface area contributed by atoms with Gasteiger partial charge in [-0.25, -0.2) is 0 Å². The van der Waals surface area contributed by atoms with Crippen LogP contribution in [0.2, 0.25) is 0 Å². The highest BCUT2D eigenvalue weighted by atomic mass is 32.2. The van der Waals surface area contributed by atoms with Crippen LogP contribution in [0.1, 0.15) is 18.5 Å². The van der Waals surface area contributed by atoms with Crippen molar-refractivity contribution < 1.29 is 9.53 Å². The van der Waals surface area contributed by atoms with E-state index in [-0.39, 0.29) is 12.0 Å². The van der Waals surface area contributed by atoms with E-state index in [0.717, 1.165) is 24.6 Å². The first kappa shape index (κ1) is 13.4. The van der Waals surface area contributed by atoms with Crippen molar-refractivity contribution in [3.8, 4) is 0 Å². The zero-order valence-corrected chi connectivity index (χ0v) is 11.7. The minimum Gasteiger partial charge on any atom is -0.468 e. The van der Waals surface area contributed by atoms with Crippen LogP contribution in [0.4, 0.5) is 0 Å². The second-order valence-corrected chi connectivity index (χ2v) is 5.42. The lowest BCUT2D eigenvalue weighted by atomic mass is 10.1. The maximum Gasteiger partial charge on any atom is 0.319 e. The average Bonchev–Trinajstić information content (AvgIpc) is 2.88. The molecule has 1 fully saturated rings. The number of methoxy groups -OCH3 is 1. The molecule has 0 spiro atoms. The molecule has 5 nitrogen and oxygen atoms in total. The Morgan fingerprint density at radius 3 is 3.17 bits per heavy atom. The van der Waals surface area contributed by atoms with E-state index in [1.165, 1.54) is 12.7 Å². The van der Waals surface area contributed by atoms with Crippen LogP contribution in [-0.2, 0) is 16.1 Å². The number of ether oxygens (including phenoxy) is 1. The Balaban J connectivity index is 2.09. The van der Waals surface area contributed by atoms with Crippen LogP contribution in [0.3, 0.4) is 0 Å². The standard InChI is InChI=1S/C12H19N3O2S/c1-3-15-7-10(6-13-15)11-9-18-5-4-14(11)8-12(16)17-2/h6-7,11H,3-5,8-9H2,1-2H3. The van der Waals surface area contributed by atoms with E-state index in [9.17, 15) is 4.79 Å². The van der Waals surface area contributed by atoms with Crippen LogP contribution >= 0.6 is 11.8 Å². The second kappa shape index (κ2) is 6.24. The predicted octanol–water partition coefficient (Wildman–Crippen LogP) is 1.17. The molecule has 18 heavy (non-hydrogen) atoms. The number of hydrogen-bond donors (Lipinski definition) is 0. The van der Waals surface area contributed by atoms with Gasteiger partial charge in [0, 0.05) is 42.4 Å². The highest BCUT2D eigenvalue weighted by molar-refractivity contribution is 7.99. The van der Waals surface area contributed by atoms with Crippen molar-refractivity contribution in [1.29, 1.82) is 0 Å². The normalized spacial score (nSPS) is 20.9. The number of rotatable bonds is 4. The Morgan fingerprint density at radius 1 is 1.67 bits per heavy atom. The summed E-state index contributed by atoms with van der Waals surface area (Å²) in [5.41, 5.74) is 1.19. The first-order valence-electron chi connectivity index (χ1n) is 6.15. The van der Waals surface area contributed by atoms with Crippen molar-refractivity contribution in [2.24, 2.45) is 0 Å². The van der Waals surface area contributed by atoms with E-state index in [2.05, 4.69) is 23.1 Å². The lowest BCUT2D eigenvalue weighted by Crippen LogP contribution is -2.39. The molecule has 0 bridgehead atoms. The molecule has 100 valence electrons. The van der Waals surface area contributed by atoms with Crippen LogP contribution < -0.4 is 0 Å². The monoisotopic (exact) mass is 269 g/mol. The Kier molecular flexibility index (Phi) is 4.66. The van der Waals surface area contributed by atoms with E-state index in [0.29, 0.717) is 6.54 Å². The van der Waals surface area contributed by atoms with Gasteiger partial charge < -0.3 is 4.74 Å². The van der Waals surface area contributed by atoms with Gasteiger partial charge in [-0.15, -0.1) is 0 Å². The number of esters is 1. The van der Waals surface area contributed by atoms with Gasteiger partial charge in [0.15, 0.2) is 0 Å². The lowest BCUT2D eigenvalue weighted by molar-refractivity contribution is -0.142. The molecule has 0 aromatic carbocycles. The first-order chi connectivity index (χ1) is 8.74. The topological polar surface area (TPSA) is 47.4 Å². The maximum absolute atomic E-state index is 11.4. The fourth-order valence-corrected chi connectivity index (χ4v) is 3.25. The summed E-state index contributed by atoms with van der Waals surface area (Å²) in [4.78, 5) is 13.6. The van der Waals surface area contributed by atoms with Crippen LogP contribution in [0, 0.1) is 0 Å². The van der Waals surface area contributed by atoms with Gasteiger partial charge in [-0.3, -0.25) is 14.4 Å². The molecule has 1 aliphatic rings. The molecule has 0 saturated carbocycles. The fourth-order valence-electron chi connectivity index (χ4n) is 2.09. The summed E-state index contributed by atoms with van der Waals surface area (Å²) >= 11 is 1.92. The van der Waals surface area contributed by atoms with Gasteiger partial charge in [-0.05, 0) is 6.92 Å². The largest absolute Gasteiger partial charge is 0.468 e. The number of carbonyl (C=O) groups excluding carboxylic acids is 1. The summed E-state index contributed by atoms with van der Waals surface area (Å²) in [6.07, 6.45) is 3.98. The van der Waals surface area contributed by atoms with E-state index in [4.69, 9.17) is 4.74 Å². The van der Waals surface area contributed by atoms with Crippen molar-refractivity contribution in [3.05, 3.63) is 18.0 Å². The minimum atomic E-state index is -0.171. The van der Waals surface area contributed by atoms with Gasteiger partial charge >= 0.3 is 5.97 Å². The van der Waals surface area contributed by atoms with Gasteiger partial charge in [-0.2, -0.15) is 16.9 Å². The summed E-state index contributed by atoms with van der Waals surface area (Å²) in [7, 11) is 1.44. The van der Waals surface area contributed by atoms with Gasteiger partial charge in [0.25, 0.3) is 0 Å². The molecular formula is C12H19N3O2S. The number of hydrogen-bond acceptors (Lipinski definition) is 5. The van der Waals surface area contributed by atoms with Crippen LogP contribution in [-0.4, -0.2) is 52.4 Å². The van der Waals surface area contributed by atoms with Gasteiger partial charge in [0.2, 0.25) is 0 Å². The van der Waals surface area contributed by atoms with Crippen LogP contribution in [0.5, 0.6) is 0 Å². The minimum absolute atomic E-state index is 0.171. The Labute approximate surface area is 111 Å². The predicted molar refractivity (Wildman–Crippen MR) is 71.6 cm³/mol. The Bertz CT molecular complexity index is 408. The molecule has 1 aromatic rings. The molecule has 6 heteroatoms. The number of aryl methyl sites for hydroxylation is 1. The summed E-state index contributed by atoms with van der Waals surface area (Å²) in [5.74, 6) is 1.90. The molecule has 1 atom stereocenters. The van der Waals surface area contributed by atoms with Gasteiger partial charge in [0.05, 0.1) is 19.9 Å². The molecule has 0 N–H and O–H groups in total. The lowest BCUT2D eigenvalue weighted by Gasteiger charge is -2.33. The first-order valence-corrected chi connectivity index (χ1v) is 7.31. The molecule has 2 heterocycles. The third kappa shape index (κ3) is 3.05. The average molecular weight is 269 g/mol. The Morgan fingerprint density at radius 2 is 2.50 bits per heavy atom. The molecule has 2 rings (SSSR count). The van der Waals surface area contributed by atoms with Crippen molar-refractivity contribution in [2.45, 2.75) is 19.5 Å². The molecule has 1 saturated heterocycles. The van der Waals surface area contributed by atoms with Gasteiger partial charge in [0.1, 0.15) is 0 Å². The summed E-state index contributed by atoms with van der Waals surface area (Å²) in [6, 6.07) is 0.267. The van der Waals surface area contributed by atoms with Crippen molar-refractivity contribution in [3.63, 3.8) is 0 Å². The number of thioether (sulfide) groups is 1. The van der Waals surface area contributed by atoms with E-state index < -0.39 is 0 Å². The summed E-state index contributed by atoms with van der Waals surface area (Å²) in [5, 5.41) is 4.31. The third-order valence-corrected chi connectivity index (χ3v) is 4.18. The SMILES string of the molecule is CCn1cc(C2CSCCN2CC(=O)OC)cn1. The van der Waals surface area contributed by atoms with Crippen LogP contribution in [0.15, 0.2) is 12.4 Å². The van der Waals surface area contributed by atoms with Crippen LogP contribution in [0.25, 0.3) is 0 Å². The number of carbonyl (C=O) groups is 1. The molecule has 0 aliphatic carbocycles. The van der Waals surface area contributed by atoms with Gasteiger partial charge in [-0.1, -0.05) is 0 Å². The van der Waals surface area contributed by atoms with E-state index >= 15 is 0 Å². The molecule has 0 amide bonds. The fraction of sp³-hybridized carbons (Fsp3) is 0.667. The smallest absolute Gasteiger partial charge is 0.319 e. The molecule has 1 aromatic heterocycles. The zero-order valence-electron chi connectivity index (χ0n) is 10.8. The maximum atomic E-state index is 11.4. The summed E-state index contributed by atoms with van der Waals surface area (Å²) in [6.45, 7) is 4.22. The van der Waals surface area contributed by atoms with E-state index in [1.54, 1.807) is 0 Å². The third-order valence-electron chi connectivity index (χ3n) is 3.16. The molecule has 0 radical (unpaired) electrons. The summed E-state index contributed by atoms with van der Waals surface area (Å²) < 4.78 is 6.68. The number of aromatic nitrogens is 2. The quantitative estimate of drug-likeness (QED) is 0.768. The van der Waals surface area contributed by atoms with Crippen molar-refractivity contribution in [1.82, 2.24) is 14.7 Å². The molecule has 1 unspecified atom stereocenters. The van der Waals surface area contributed by atoms with Crippen molar-refractivity contribution in [2.75, 3.05) is 31.7 Å². The molecular weight excluding hydrogens is 250 g/mol. The van der Waals surface area contributed by atoms with E-state index in [1.807, 2.05) is 22.6 Å². The van der Waals surface area contributed by atoms with Crippen molar-refractivity contribution >= 4 is 17.7 Å². The second-order valence-electron chi connectivity index (χ2n) is 4.27. The number of nitrogens with zero attached hydrogens (tertiary/aromatic N) is 3. The highest BCUT2D eigenvalue weighted by Crippen LogP contribution is 2.28.